The van der Waals surface area contributed by atoms with Crippen molar-refractivity contribution < 1.29 is 4.79 Å². The monoisotopic (exact) mass is 397 g/mol. The van der Waals surface area contributed by atoms with Crippen LogP contribution in [0.5, 0.6) is 0 Å². The molecule has 4 aromatic rings. The number of aromatic nitrogens is 2. The normalized spacial score (nSPS) is 11.0. The van der Waals surface area contributed by atoms with Gasteiger partial charge in [-0.25, -0.2) is 4.98 Å². The highest BCUT2D eigenvalue weighted by molar-refractivity contribution is 5.94. The molecule has 0 unspecified atom stereocenters. The van der Waals surface area contributed by atoms with Gasteiger partial charge < -0.3 is 9.88 Å². The van der Waals surface area contributed by atoms with Crippen molar-refractivity contribution in [3.63, 3.8) is 0 Å². The Balaban J connectivity index is 1.44. The summed E-state index contributed by atoms with van der Waals surface area (Å²) in [6, 6.07) is 24.5. The van der Waals surface area contributed by atoms with Gasteiger partial charge in [0.1, 0.15) is 5.82 Å². The molecule has 4 nitrogen and oxygen atoms in total. The molecule has 152 valence electrons. The maximum absolute atomic E-state index is 12.3. The van der Waals surface area contributed by atoms with Crippen LogP contribution in [0.3, 0.4) is 0 Å². The fraction of sp³-hybridized carbons (Fsp3) is 0.231. The SMILES string of the molecule is Cc1ccc(C(=O)NCCCc2nc3ccccc3n2Cc2cccc(C)c2)cc1. The number of hydrogen-bond acceptors (Lipinski definition) is 2. The molecule has 0 spiro atoms. The summed E-state index contributed by atoms with van der Waals surface area (Å²) in [5.41, 5.74) is 6.55. The minimum atomic E-state index is -0.0248. The Morgan fingerprint density at radius 3 is 2.53 bits per heavy atom. The third-order valence-corrected chi connectivity index (χ3v) is 5.33. The zero-order chi connectivity index (χ0) is 20.9. The number of para-hydroxylation sites is 2. The number of aryl methyl sites for hydroxylation is 3. The van der Waals surface area contributed by atoms with Crippen LogP contribution in [-0.4, -0.2) is 22.0 Å². The van der Waals surface area contributed by atoms with Gasteiger partial charge in [-0.3, -0.25) is 4.79 Å². The first-order valence-corrected chi connectivity index (χ1v) is 10.4. The zero-order valence-corrected chi connectivity index (χ0v) is 17.6. The van der Waals surface area contributed by atoms with Gasteiger partial charge in [-0.1, -0.05) is 59.7 Å². The Labute approximate surface area is 177 Å². The number of nitrogens with zero attached hydrogens (tertiary/aromatic N) is 2. The summed E-state index contributed by atoms with van der Waals surface area (Å²) in [6.45, 7) is 5.56. The molecule has 0 bridgehead atoms. The van der Waals surface area contributed by atoms with E-state index in [-0.39, 0.29) is 5.91 Å². The van der Waals surface area contributed by atoms with Crippen molar-refractivity contribution in [1.29, 1.82) is 0 Å². The molecule has 0 aliphatic rings. The number of carbonyl (C=O) groups is 1. The summed E-state index contributed by atoms with van der Waals surface area (Å²) in [7, 11) is 0. The molecule has 1 amide bonds. The molecule has 0 saturated carbocycles. The topological polar surface area (TPSA) is 46.9 Å². The Bertz CT molecular complexity index is 1160. The first kappa shape index (κ1) is 19.9. The summed E-state index contributed by atoms with van der Waals surface area (Å²) in [5, 5.41) is 3.02. The summed E-state index contributed by atoms with van der Waals surface area (Å²) in [5.74, 6) is 1.03. The van der Waals surface area contributed by atoms with Gasteiger partial charge in [0, 0.05) is 25.1 Å². The highest BCUT2D eigenvalue weighted by atomic mass is 16.1. The predicted octanol–water partition coefficient (Wildman–Crippen LogP) is 5.06. The first-order chi connectivity index (χ1) is 14.6. The van der Waals surface area contributed by atoms with E-state index in [0.29, 0.717) is 12.1 Å². The van der Waals surface area contributed by atoms with Crippen LogP contribution in [0.15, 0.2) is 72.8 Å². The fourth-order valence-electron chi connectivity index (χ4n) is 3.74. The number of amides is 1. The van der Waals surface area contributed by atoms with E-state index >= 15 is 0 Å². The number of carbonyl (C=O) groups excluding carboxylic acids is 1. The lowest BCUT2D eigenvalue weighted by atomic mass is 10.1. The van der Waals surface area contributed by atoms with Gasteiger partial charge in [0.15, 0.2) is 0 Å². The molecule has 1 aromatic heterocycles. The van der Waals surface area contributed by atoms with Crippen LogP contribution in [0.4, 0.5) is 0 Å². The molecular weight excluding hydrogens is 370 g/mol. The molecule has 3 aromatic carbocycles. The van der Waals surface area contributed by atoms with Crippen molar-refractivity contribution in [3.8, 4) is 0 Å². The van der Waals surface area contributed by atoms with Gasteiger partial charge in [0.25, 0.3) is 5.91 Å². The van der Waals surface area contributed by atoms with Crippen LogP contribution < -0.4 is 5.32 Å². The predicted molar refractivity (Wildman–Crippen MR) is 122 cm³/mol. The number of hydrogen-bond donors (Lipinski definition) is 1. The molecule has 4 heteroatoms. The first-order valence-electron chi connectivity index (χ1n) is 10.4. The van der Waals surface area contributed by atoms with E-state index in [1.807, 2.05) is 37.3 Å². The quantitative estimate of drug-likeness (QED) is 0.443. The molecular formula is C26H27N3O. The molecule has 0 atom stereocenters. The van der Waals surface area contributed by atoms with Crippen molar-refractivity contribution in [1.82, 2.24) is 14.9 Å². The van der Waals surface area contributed by atoms with Gasteiger partial charge in [-0.2, -0.15) is 0 Å². The molecule has 0 fully saturated rings. The number of imidazole rings is 1. The zero-order valence-electron chi connectivity index (χ0n) is 17.6. The smallest absolute Gasteiger partial charge is 0.251 e. The van der Waals surface area contributed by atoms with Crippen LogP contribution >= 0.6 is 0 Å². The van der Waals surface area contributed by atoms with Gasteiger partial charge in [0.05, 0.1) is 11.0 Å². The highest BCUT2D eigenvalue weighted by Gasteiger charge is 2.11. The Morgan fingerprint density at radius 2 is 1.73 bits per heavy atom. The van der Waals surface area contributed by atoms with Crippen molar-refractivity contribution in [3.05, 3.63) is 101 Å². The lowest BCUT2D eigenvalue weighted by Crippen LogP contribution is -2.25. The average molecular weight is 398 g/mol. The minimum absolute atomic E-state index is 0.0248. The molecule has 1 heterocycles. The standard InChI is InChI=1S/C26H27N3O/c1-19-12-14-22(15-13-19)26(30)27-16-6-11-25-28-23-9-3-4-10-24(23)29(25)18-21-8-5-7-20(2)17-21/h3-5,7-10,12-15,17H,6,11,16,18H2,1-2H3,(H,27,30). The minimum Gasteiger partial charge on any atom is -0.352 e. The van der Waals surface area contributed by atoms with Crippen LogP contribution in [-0.2, 0) is 13.0 Å². The summed E-state index contributed by atoms with van der Waals surface area (Å²) in [6.07, 6.45) is 1.66. The van der Waals surface area contributed by atoms with Gasteiger partial charge in [-0.15, -0.1) is 0 Å². The third-order valence-electron chi connectivity index (χ3n) is 5.33. The van der Waals surface area contributed by atoms with Crippen LogP contribution in [0.2, 0.25) is 0 Å². The molecule has 0 aliphatic heterocycles. The van der Waals surface area contributed by atoms with Crippen LogP contribution in [0.25, 0.3) is 11.0 Å². The van der Waals surface area contributed by atoms with E-state index in [4.69, 9.17) is 4.98 Å². The third kappa shape index (κ3) is 4.60. The molecule has 30 heavy (non-hydrogen) atoms. The summed E-state index contributed by atoms with van der Waals surface area (Å²) >= 11 is 0. The van der Waals surface area contributed by atoms with Crippen molar-refractivity contribution in [2.24, 2.45) is 0 Å². The van der Waals surface area contributed by atoms with Crippen LogP contribution in [0.1, 0.15) is 39.3 Å². The van der Waals surface area contributed by atoms with Gasteiger partial charge in [-0.05, 0) is 50.1 Å². The lowest BCUT2D eigenvalue weighted by molar-refractivity contribution is 0.0953. The van der Waals surface area contributed by atoms with Crippen molar-refractivity contribution in [2.75, 3.05) is 6.54 Å². The Hall–Kier alpha value is -3.40. The van der Waals surface area contributed by atoms with Crippen molar-refractivity contribution in [2.45, 2.75) is 33.2 Å². The number of rotatable bonds is 7. The summed E-state index contributed by atoms with van der Waals surface area (Å²) in [4.78, 5) is 17.2. The second-order valence-corrected chi connectivity index (χ2v) is 7.82. The largest absolute Gasteiger partial charge is 0.352 e. The second kappa shape index (κ2) is 8.95. The molecule has 0 saturated heterocycles. The van der Waals surface area contributed by atoms with E-state index in [1.54, 1.807) is 0 Å². The molecule has 1 N–H and O–H groups in total. The molecule has 4 rings (SSSR count). The second-order valence-electron chi connectivity index (χ2n) is 7.82. The van der Waals surface area contributed by atoms with E-state index in [0.717, 1.165) is 41.8 Å². The average Bonchev–Trinajstić information content (AvgIpc) is 3.09. The van der Waals surface area contributed by atoms with Gasteiger partial charge >= 0.3 is 0 Å². The maximum Gasteiger partial charge on any atom is 0.251 e. The number of benzene rings is 3. The fourth-order valence-corrected chi connectivity index (χ4v) is 3.74. The van der Waals surface area contributed by atoms with Gasteiger partial charge in [0.2, 0.25) is 0 Å². The van der Waals surface area contributed by atoms with Crippen LogP contribution in [0, 0.1) is 13.8 Å². The van der Waals surface area contributed by atoms with E-state index < -0.39 is 0 Å². The number of nitrogens with one attached hydrogen (secondary N) is 1. The van der Waals surface area contributed by atoms with E-state index in [2.05, 4.69) is 59.3 Å². The molecule has 0 radical (unpaired) electrons. The Morgan fingerprint density at radius 1 is 0.933 bits per heavy atom. The summed E-state index contributed by atoms with van der Waals surface area (Å²) < 4.78 is 2.30. The number of fused-ring (bicyclic) bond motifs is 1. The van der Waals surface area contributed by atoms with E-state index in [1.165, 1.54) is 11.1 Å². The van der Waals surface area contributed by atoms with E-state index in [9.17, 15) is 4.79 Å². The molecule has 0 aliphatic carbocycles. The Kier molecular flexibility index (Phi) is 5.94. The van der Waals surface area contributed by atoms with Crippen molar-refractivity contribution >= 4 is 16.9 Å². The lowest BCUT2D eigenvalue weighted by Gasteiger charge is -2.11. The maximum atomic E-state index is 12.3. The highest BCUT2D eigenvalue weighted by Crippen LogP contribution is 2.19.